The van der Waals surface area contributed by atoms with Gasteiger partial charge in [-0.3, -0.25) is 14.5 Å². The topological polar surface area (TPSA) is 76.6 Å². The summed E-state index contributed by atoms with van der Waals surface area (Å²) < 4.78 is 0.945. The third-order valence-corrected chi connectivity index (χ3v) is 4.82. The minimum atomic E-state index is -0.870. The molecule has 1 aromatic heterocycles. The number of hydrogen-bond donors (Lipinski definition) is 2. The number of nitrogens with one attached hydrogen (secondary N) is 1. The number of benzene rings is 1. The van der Waals surface area contributed by atoms with Gasteiger partial charge in [0.15, 0.2) is 0 Å². The molecule has 3 rings (SSSR count). The molecule has 1 atom stereocenters. The zero-order valence-electron chi connectivity index (χ0n) is 12.8. The van der Waals surface area contributed by atoms with E-state index in [1.807, 2.05) is 23.1 Å². The summed E-state index contributed by atoms with van der Waals surface area (Å²) in [6.45, 7) is 3.78. The number of carbonyl (C=O) groups is 2. The van der Waals surface area contributed by atoms with Gasteiger partial charge in [0, 0.05) is 60.2 Å². The van der Waals surface area contributed by atoms with E-state index in [1.54, 1.807) is 18.0 Å². The Hall–Kier alpha value is -1.86. The first kappa shape index (κ1) is 16.0. The number of aromatic nitrogens is 1. The molecule has 1 aliphatic rings. The number of H-pyrrole nitrogens is 1. The minimum Gasteiger partial charge on any atom is -0.480 e. The number of carboxylic acids is 1. The van der Waals surface area contributed by atoms with E-state index in [0.29, 0.717) is 26.2 Å². The van der Waals surface area contributed by atoms with Crippen LogP contribution in [0, 0.1) is 0 Å². The van der Waals surface area contributed by atoms with Gasteiger partial charge in [-0.25, -0.2) is 0 Å². The van der Waals surface area contributed by atoms with Crippen LogP contribution in [0.15, 0.2) is 28.9 Å². The van der Waals surface area contributed by atoms with Crippen molar-refractivity contribution in [2.75, 3.05) is 26.2 Å². The summed E-state index contributed by atoms with van der Waals surface area (Å²) in [4.78, 5) is 30.1. The maximum absolute atomic E-state index is 11.9. The van der Waals surface area contributed by atoms with Crippen LogP contribution in [0.3, 0.4) is 0 Å². The highest BCUT2D eigenvalue weighted by molar-refractivity contribution is 9.10. The Morgan fingerprint density at radius 3 is 2.57 bits per heavy atom. The summed E-state index contributed by atoms with van der Waals surface area (Å²) in [6, 6.07) is 5.06. The third kappa shape index (κ3) is 3.11. The molecule has 0 saturated carbocycles. The van der Waals surface area contributed by atoms with Crippen molar-refractivity contribution in [3.05, 3.63) is 34.4 Å². The molecule has 23 heavy (non-hydrogen) atoms. The van der Waals surface area contributed by atoms with Crippen LogP contribution in [0.25, 0.3) is 10.9 Å². The Morgan fingerprint density at radius 2 is 1.96 bits per heavy atom. The van der Waals surface area contributed by atoms with E-state index < -0.39 is 12.0 Å². The van der Waals surface area contributed by atoms with Crippen molar-refractivity contribution < 1.29 is 14.7 Å². The molecule has 2 N–H and O–H groups in total. The van der Waals surface area contributed by atoms with Gasteiger partial charge in [-0.15, -0.1) is 0 Å². The van der Waals surface area contributed by atoms with Crippen molar-refractivity contribution in [1.29, 1.82) is 0 Å². The van der Waals surface area contributed by atoms with E-state index in [0.717, 1.165) is 20.9 Å². The lowest BCUT2D eigenvalue weighted by atomic mass is 10.0. The first-order chi connectivity index (χ1) is 11.0. The minimum absolute atomic E-state index is 0.0356. The normalized spacial score (nSPS) is 17.4. The molecule has 2 heterocycles. The monoisotopic (exact) mass is 379 g/mol. The van der Waals surface area contributed by atoms with E-state index in [2.05, 4.69) is 20.9 Å². The number of piperazine rings is 1. The van der Waals surface area contributed by atoms with E-state index in [9.17, 15) is 14.7 Å². The first-order valence-electron chi connectivity index (χ1n) is 7.46. The highest BCUT2D eigenvalue weighted by atomic mass is 79.9. The summed E-state index contributed by atoms with van der Waals surface area (Å²) in [6.07, 6.45) is 1.77. The van der Waals surface area contributed by atoms with Gasteiger partial charge in [-0.05, 0) is 12.1 Å². The zero-order chi connectivity index (χ0) is 16.6. The number of halogens is 1. The van der Waals surface area contributed by atoms with Gasteiger partial charge >= 0.3 is 5.97 Å². The molecule has 6 nitrogen and oxygen atoms in total. The molecule has 1 fully saturated rings. The number of carbonyl (C=O) groups excluding carboxylic acids is 1. The van der Waals surface area contributed by atoms with Gasteiger partial charge in [0.05, 0.1) is 0 Å². The number of rotatable bonds is 3. The van der Waals surface area contributed by atoms with Crippen molar-refractivity contribution in [2.24, 2.45) is 0 Å². The van der Waals surface area contributed by atoms with E-state index in [4.69, 9.17) is 0 Å². The Labute approximate surface area is 142 Å². The molecule has 2 aromatic rings. The Morgan fingerprint density at radius 1 is 1.26 bits per heavy atom. The summed E-state index contributed by atoms with van der Waals surface area (Å²) in [5.41, 5.74) is 1.67. The number of aliphatic carboxylic acids is 1. The molecule has 0 bridgehead atoms. The molecule has 1 amide bonds. The molecule has 1 aromatic carbocycles. The maximum Gasteiger partial charge on any atom is 0.325 e. The quantitative estimate of drug-likeness (QED) is 0.856. The number of nitrogens with zero attached hydrogens (tertiary/aromatic N) is 2. The summed E-state index contributed by atoms with van der Waals surface area (Å²) >= 11 is 3.42. The fourth-order valence-corrected chi connectivity index (χ4v) is 3.49. The van der Waals surface area contributed by atoms with Crippen LogP contribution >= 0.6 is 15.9 Å². The van der Waals surface area contributed by atoms with E-state index in [-0.39, 0.29) is 5.91 Å². The van der Waals surface area contributed by atoms with Crippen LogP contribution in [0.1, 0.15) is 18.5 Å². The van der Waals surface area contributed by atoms with Crippen LogP contribution in [0.5, 0.6) is 0 Å². The summed E-state index contributed by atoms with van der Waals surface area (Å²) in [5, 5.41) is 10.7. The maximum atomic E-state index is 11.9. The van der Waals surface area contributed by atoms with Gasteiger partial charge in [0.1, 0.15) is 6.04 Å². The molecule has 0 unspecified atom stereocenters. The predicted molar refractivity (Wildman–Crippen MR) is 90.2 cm³/mol. The Balaban J connectivity index is 1.90. The van der Waals surface area contributed by atoms with Crippen LogP contribution in [-0.2, 0) is 9.59 Å². The highest BCUT2D eigenvalue weighted by Crippen LogP contribution is 2.31. The summed E-state index contributed by atoms with van der Waals surface area (Å²) in [7, 11) is 0. The van der Waals surface area contributed by atoms with Crippen LogP contribution < -0.4 is 0 Å². The fourth-order valence-electron chi connectivity index (χ4n) is 3.13. The van der Waals surface area contributed by atoms with Gasteiger partial charge in [0.25, 0.3) is 0 Å². The smallest absolute Gasteiger partial charge is 0.325 e. The van der Waals surface area contributed by atoms with Crippen LogP contribution in [-0.4, -0.2) is 57.9 Å². The second-order valence-electron chi connectivity index (χ2n) is 5.72. The van der Waals surface area contributed by atoms with Crippen LogP contribution in [0.4, 0.5) is 0 Å². The fraction of sp³-hybridized carbons (Fsp3) is 0.375. The van der Waals surface area contributed by atoms with Crippen molar-refractivity contribution in [1.82, 2.24) is 14.8 Å². The number of amides is 1. The molecule has 1 aliphatic heterocycles. The molecular formula is C16H18BrN3O3. The van der Waals surface area contributed by atoms with E-state index >= 15 is 0 Å². The second-order valence-corrected chi connectivity index (χ2v) is 6.63. The molecular weight excluding hydrogens is 362 g/mol. The number of hydrogen-bond acceptors (Lipinski definition) is 3. The van der Waals surface area contributed by atoms with Gasteiger partial charge < -0.3 is 15.0 Å². The lowest BCUT2D eigenvalue weighted by Gasteiger charge is -2.37. The van der Waals surface area contributed by atoms with Crippen LogP contribution in [0.2, 0.25) is 0 Å². The molecule has 122 valence electrons. The SMILES string of the molecule is CC(=O)N1CCN([C@H](C(=O)O)c2c[nH]c3cc(Br)ccc23)CC1. The highest BCUT2D eigenvalue weighted by Gasteiger charge is 2.32. The molecule has 0 aliphatic carbocycles. The average Bonchev–Trinajstić information content (AvgIpc) is 2.90. The molecule has 7 heteroatoms. The molecule has 0 radical (unpaired) electrons. The van der Waals surface area contributed by atoms with Crippen molar-refractivity contribution in [3.8, 4) is 0 Å². The number of fused-ring (bicyclic) bond motifs is 1. The summed E-state index contributed by atoms with van der Waals surface area (Å²) in [5.74, 6) is -0.835. The zero-order valence-corrected chi connectivity index (χ0v) is 14.3. The Bertz CT molecular complexity index is 750. The third-order valence-electron chi connectivity index (χ3n) is 4.33. The Kier molecular flexibility index (Phi) is 4.41. The molecule has 1 saturated heterocycles. The van der Waals surface area contributed by atoms with Gasteiger partial charge in [0.2, 0.25) is 5.91 Å². The number of carboxylic acid groups (broad SMARTS) is 1. The van der Waals surface area contributed by atoms with Gasteiger partial charge in [-0.1, -0.05) is 22.0 Å². The van der Waals surface area contributed by atoms with Crippen molar-refractivity contribution >= 4 is 38.7 Å². The standard InChI is InChI=1S/C16H18BrN3O3/c1-10(21)19-4-6-20(7-5-19)15(16(22)23)13-9-18-14-8-11(17)2-3-12(13)14/h2-3,8-9,15,18H,4-7H2,1H3,(H,22,23)/t15-/m0/s1. The predicted octanol–water partition coefficient (Wildman–Crippen LogP) is 2.22. The lowest BCUT2D eigenvalue weighted by Crippen LogP contribution is -2.50. The molecule has 0 spiro atoms. The van der Waals surface area contributed by atoms with Gasteiger partial charge in [-0.2, -0.15) is 0 Å². The van der Waals surface area contributed by atoms with Crippen molar-refractivity contribution in [2.45, 2.75) is 13.0 Å². The second kappa shape index (κ2) is 6.33. The lowest BCUT2D eigenvalue weighted by molar-refractivity contribution is -0.144. The largest absolute Gasteiger partial charge is 0.480 e. The van der Waals surface area contributed by atoms with Crippen molar-refractivity contribution in [3.63, 3.8) is 0 Å². The first-order valence-corrected chi connectivity index (χ1v) is 8.25. The van der Waals surface area contributed by atoms with E-state index in [1.165, 1.54) is 0 Å². The number of aromatic amines is 1. The average molecular weight is 380 g/mol.